The molecule has 0 aliphatic rings. The van der Waals surface area contributed by atoms with E-state index in [1.54, 1.807) is 18.2 Å². The monoisotopic (exact) mass is 357 g/mol. The van der Waals surface area contributed by atoms with Gasteiger partial charge >= 0.3 is 0 Å². The zero-order valence-corrected chi connectivity index (χ0v) is 11.7. The van der Waals surface area contributed by atoms with Crippen LogP contribution in [0, 0.1) is 3.57 Å². The lowest BCUT2D eigenvalue weighted by molar-refractivity contribution is 0.102. The first-order valence-electron chi connectivity index (χ1n) is 4.99. The van der Waals surface area contributed by atoms with Crippen molar-refractivity contribution in [3.05, 3.63) is 62.7 Å². The zero-order valence-electron chi connectivity index (χ0n) is 8.78. The Hall–Kier alpha value is -1.07. The van der Waals surface area contributed by atoms with E-state index in [-0.39, 0.29) is 5.91 Å². The predicted octanol–water partition coefficient (Wildman–Crippen LogP) is 4.20. The molecule has 0 atom stereocenters. The Morgan fingerprint density at radius 1 is 1.06 bits per heavy atom. The first-order valence-corrected chi connectivity index (χ1v) is 6.44. The second-order valence-corrected chi connectivity index (χ2v) is 4.98. The number of rotatable bonds is 2. The first kappa shape index (κ1) is 12.4. The Bertz CT molecular complexity index is 557. The molecule has 86 valence electrons. The van der Waals surface area contributed by atoms with Crippen LogP contribution in [0.4, 0.5) is 5.69 Å². The summed E-state index contributed by atoms with van der Waals surface area (Å²) in [6.45, 7) is 0. The summed E-state index contributed by atoms with van der Waals surface area (Å²) in [5, 5.41) is 3.33. The number of nitrogens with one attached hydrogen (secondary N) is 1. The van der Waals surface area contributed by atoms with Crippen molar-refractivity contribution in [3.63, 3.8) is 0 Å². The lowest BCUT2D eigenvalue weighted by Gasteiger charge is -2.07. The maximum atomic E-state index is 12.0. The highest BCUT2D eigenvalue weighted by Gasteiger charge is 2.10. The van der Waals surface area contributed by atoms with E-state index in [1.807, 2.05) is 30.3 Å². The summed E-state index contributed by atoms with van der Waals surface area (Å²) in [5.41, 5.74) is 1.27. The Morgan fingerprint density at radius 3 is 2.41 bits per heavy atom. The minimum atomic E-state index is -0.150. The highest BCUT2D eigenvalue weighted by molar-refractivity contribution is 14.1. The van der Waals surface area contributed by atoms with Gasteiger partial charge in [0.2, 0.25) is 0 Å². The van der Waals surface area contributed by atoms with E-state index < -0.39 is 0 Å². The van der Waals surface area contributed by atoms with Crippen molar-refractivity contribution >= 4 is 45.8 Å². The summed E-state index contributed by atoms with van der Waals surface area (Å²) in [4.78, 5) is 12.0. The van der Waals surface area contributed by atoms with Crippen LogP contribution in [0.15, 0.2) is 48.5 Å². The molecule has 0 aliphatic heterocycles. The van der Waals surface area contributed by atoms with E-state index in [4.69, 9.17) is 11.6 Å². The Balaban J connectivity index is 2.24. The standard InChI is InChI=1S/C13H9ClINO/c14-10-6-2-4-8-12(10)16-13(17)9-5-1-3-7-11(9)15/h1-8H,(H,16,17). The van der Waals surface area contributed by atoms with Gasteiger partial charge in [0.05, 0.1) is 16.3 Å². The number of hydrogen-bond donors (Lipinski definition) is 1. The molecular formula is C13H9ClINO. The summed E-state index contributed by atoms with van der Waals surface area (Å²) in [6, 6.07) is 14.6. The molecule has 2 aromatic carbocycles. The lowest BCUT2D eigenvalue weighted by Crippen LogP contribution is -2.13. The van der Waals surface area contributed by atoms with E-state index in [0.717, 1.165) is 3.57 Å². The molecule has 2 rings (SSSR count). The van der Waals surface area contributed by atoms with Gasteiger partial charge in [0.25, 0.3) is 5.91 Å². The number of hydrogen-bond acceptors (Lipinski definition) is 1. The smallest absolute Gasteiger partial charge is 0.256 e. The highest BCUT2D eigenvalue weighted by Crippen LogP contribution is 2.22. The summed E-state index contributed by atoms with van der Waals surface area (Å²) >= 11 is 8.11. The number of benzene rings is 2. The van der Waals surface area contributed by atoms with Crippen LogP contribution in [0.3, 0.4) is 0 Å². The molecule has 2 aromatic rings. The average Bonchev–Trinajstić information content (AvgIpc) is 2.32. The van der Waals surface area contributed by atoms with E-state index >= 15 is 0 Å². The highest BCUT2D eigenvalue weighted by atomic mass is 127. The Labute approximate surface area is 118 Å². The van der Waals surface area contributed by atoms with Crippen LogP contribution in [-0.2, 0) is 0 Å². The van der Waals surface area contributed by atoms with Crippen LogP contribution in [0.1, 0.15) is 10.4 Å². The molecular weight excluding hydrogens is 349 g/mol. The summed E-state index contributed by atoms with van der Waals surface area (Å²) in [7, 11) is 0. The first-order chi connectivity index (χ1) is 8.18. The molecule has 0 fully saturated rings. The fourth-order valence-corrected chi connectivity index (χ4v) is 2.21. The molecule has 0 saturated heterocycles. The molecule has 0 spiro atoms. The third-order valence-electron chi connectivity index (χ3n) is 2.24. The minimum Gasteiger partial charge on any atom is -0.321 e. The van der Waals surface area contributed by atoms with Crippen LogP contribution < -0.4 is 5.32 Å². The van der Waals surface area contributed by atoms with Crippen molar-refractivity contribution in [2.75, 3.05) is 5.32 Å². The van der Waals surface area contributed by atoms with Crippen molar-refractivity contribution in [1.82, 2.24) is 0 Å². The third-order valence-corrected chi connectivity index (χ3v) is 3.51. The predicted molar refractivity (Wildman–Crippen MR) is 78.6 cm³/mol. The number of halogens is 2. The maximum absolute atomic E-state index is 12.0. The molecule has 17 heavy (non-hydrogen) atoms. The van der Waals surface area contributed by atoms with Gasteiger partial charge in [0, 0.05) is 3.57 Å². The molecule has 0 heterocycles. The van der Waals surface area contributed by atoms with Crippen LogP contribution in [0.2, 0.25) is 5.02 Å². The number of para-hydroxylation sites is 1. The normalized spacial score (nSPS) is 10.0. The molecule has 4 heteroatoms. The van der Waals surface area contributed by atoms with Gasteiger partial charge in [-0.1, -0.05) is 35.9 Å². The van der Waals surface area contributed by atoms with Crippen molar-refractivity contribution in [2.45, 2.75) is 0 Å². The van der Waals surface area contributed by atoms with E-state index in [9.17, 15) is 4.79 Å². The van der Waals surface area contributed by atoms with Gasteiger partial charge in [-0.05, 0) is 46.9 Å². The molecule has 1 N–H and O–H groups in total. The van der Waals surface area contributed by atoms with Crippen molar-refractivity contribution in [1.29, 1.82) is 0 Å². The van der Waals surface area contributed by atoms with E-state index in [2.05, 4.69) is 27.9 Å². The number of amides is 1. The fourth-order valence-electron chi connectivity index (χ4n) is 1.40. The summed E-state index contributed by atoms with van der Waals surface area (Å²) in [6.07, 6.45) is 0. The SMILES string of the molecule is O=C(Nc1ccccc1Cl)c1ccccc1I. The Morgan fingerprint density at radius 2 is 1.71 bits per heavy atom. The molecule has 0 unspecified atom stereocenters. The van der Waals surface area contributed by atoms with E-state index in [0.29, 0.717) is 16.3 Å². The van der Waals surface area contributed by atoms with Crippen molar-refractivity contribution < 1.29 is 4.79 Å². The molecule has 0 saturated carbocycles. The quantitative estimate of drug-likeness (QED) is 0.802. The van der Waals surface area contributed by atoms with Gasteiger partial charge < -0.3 is 5.32 Å². The summed E-state index contributed by atoms with van der Waals surface area (Å²) in [5.74, 6) is -0.150. The molecule has 0 aliphatic carbocycles. The minimum absolute atomic E-state index is 0.150. The van der Waals surface area contributed by atoms with Crippen molar-refractivity contribution in [2.24, 2.45) is 0 Å². The molecule has 0 bridgehead atoms. The van der Waals surface area contributed by atoms with Gasteiger partial charge in [-0.25, -0.2) is 0 Å². The molecule has 1 amide bonds. The molecule has 0 radical (unpaired) electrons. The number of carbonyl (C=O) groups excluding carboxylic acids is 1. The molecule has 2 nitrogen and oxygen atoms in total. The fraction of sp³-hybridized carbons (Fsp3) is 0. The topological polar surface area (TPSA) is 29.1 Å². The maximum Gasteiger partial charge on any atom is 0.256 e. The van der Waals surface area contributed by atoms with Crippen LogP contribution in [0.25, 0.3) is 0 Å². The largest absolute Gasteiger partial charge is 0.321 e. The second-order valence-electron chi connectivity index (χ2n) is 3.41. The average molecular weight is 358 g/mol. The number of carbonyl (C=O) groups is 1. The van der Waals surface area contributed by atoms with Crippen LogP contribution >= 0.6 is 34.2 Å². The van der Waals surface area contributed by atoms with Gasteiger partial charge in [-0.3, -0.25) is 4.79 Å². The zero-order chi connectivity index (χ0) is 12.3. The number of anilines is 1. The summed E-state index contributed by atoms with van der Waals surface area (Å²) < 4.78 is 0.912. The molecule has 0 aromatic heterocycles. The van der Waals surface area contributed by atoms with Gasteiger partial charge in [-0.2, -0.15) is 0 Å². The second kappa shape index (κ2) is 5.51. The van der Waals surface area contributed by atoms with E-state index in [1.165, 1.54) is 0 Å². The van der Waals surface area contributed by atoms with Crippen molar-refractivity contribution in [3.8, 4) is 0 Å². The van der Waals surface area contributed by atoms with Crippen LogP contribution in [0.5, 0.6) is 0 Å². The van der Waals surface area contributed by atoms with Gasteiger partial charge in [0.1, 0.15) is 0 Å². The third kappa shape index (κ3) is 2.98. The Kier molecular flexibility index (Phi) is 4.02. The van der Waals surface area contributed by atoms with Gasteiger partial charge in [0.15, 0.2) is 0 Å². The lowest BCUT2D eigenvalue weighted by atomic mass is 10.2. The van der Waals surface area contributed by atoms with Gasteiger partial charge in [-0.15, -0.1) is 0 Å². The van der Waals surface area contributed by atoms with Crippen LogP contribution in [-0.4, -0.2) is 5.91 Å².